The number of aliphatic carboxylic acids is 1. The van der Waals surface area contributed by atoms with E-state index in [0.717, 1.165) is 16.9 Å². The lowest BCUT2D eigenvalue weighted by Gasteiger charge is -1.93. The van der Waals surface area contributed by atoms with Crippen molar-refractivity contribution >= 4 is 50.2 Å². The Bertz CT molecular complexity index is 651. The number of benzene rings is 1. The number of carbonyl (C=O) groups is 2. The molecule has 1 aromatic carbocycles. The molecule has 0 spiro atoms. The van der Waals surface area contributed by atoms with E-state index >= 15 is 0 Å². The standard InChI is InChI=1S/C11H7ClN2O3S/c12-6-1-2-8-7(5-6)13-11(18-8)14-9(15)3-4-10(16)17/h1-5H,(H,16,17)(H,13,14,15). The molecular weight excluding hydrogens is 276 g/mol. The smallest absolute Gasteiger partial charge is 0.328 e. The first-order chi connectivity index (χ1) is 8.54. The lowest BCUT2D eigenvalue weighted by atomic mass is 10.3. The lowest BCUT2D eigenvalue weighted by molar-refractivity contribution is -0.131. The summed E-state index contributed by atoms with van der Waals surface area (Å²) in [6, 6.07) is 5.23. The zero-order chi connectivity index (χ0) is 13.1. The van der Waals surface area contributed by atoms with E-state index < -0.39 is 11.9 Å². The number of nitrogens with zero attached hydrogens (tertiary/aromatic N) is 1. The lowest BCUT2D eigenvalue weighted by Crippen LogP contribution is -2.08. The Balaban J connectivity index is 2.17. The third kappa shape index (κ3) is 3.06. The molecule has 18 heavy (non-hydrogen) atoms. The van der Waals surface area contributed by atoms with E-state index in [-0.39, 0.29) is 0 Å². The Morgan fingerprint density at radius 3 is 2.89 bits per heavy atom. The predicted molar refractivity (Wildman–Crippen MR) is 70.0 cm³/mol. The van der Waals surface area contributed by atoms with Crippen LogP contribution in [0.1, 0.15) is 0 Å². The topological polar surface area (TPSA) is 79.3 Å². The number of fused-ring (bicyclic) bond motifs is 1. The second kappa shape index (κ2) is 5.16. The molecule has 0 fully saturated rings. The summed E-state index contributed by atoms with van der Waals surface area (Å²) in [4.78, 5) is 25.7. The number of anilines is 1. The molecule has 1 aromatic heterocycles. The van der Waals surface area contributed by atoms with Crippen LogP contribution in [0.3, 0.4) is 0 Å². The molecule has 0 radical (unpaired) electrons. The number of nitrogens with one attached hydrogen (secondary N) is 1. The van der Waals surface area contributed by atoms with E-state index in [9.17, 15) is 9.59 Å². The Kier molecular flexibility index (Phi) is 3.59. The molecule has 0 aliphatic carbocycles. The minimum absolute atomic E-state index is 0.396. The highest BCUT2D eigenvalue weighted by atomic mass is 35.5. The summed E-state index contributed by atoms with van der Waals surface area (Å²) in [6.07, 6.45) is 1.70. The average molecular weight is 283 g/mol. The van der Waals surface area contributed by atoms with Gasteiger partial charge in [0, 0.05) is 17.2 Å². The van der Waals surface area contributed by atoms with Gasteiger partial charge in [-0.3, -0.25) is 10.1 Å². The van der Waals surface area contributed by atoms with Crippen molar-refractivity contribution < 1.29 is 14.7 Å². The minimum atomic E-state index is -1.18. The molecule has 2 rings (SSSR count). The maximum atomic E-state index is 11.3. The van der Waals surface area contributed by atoms with Crippen LogP contribution in [0, 0.1) is 0 Å². The number of hydrogen-bond donors (Lipinski definition) is 2. The quantitative estimate of drug-likeness (QED) is 0.848. The molecule has 0 saturated heterocycles. The van der Waals surface area contributed by atoms with Gasteiger partial charge in [-0.15, -0.1) is 0 Å². The van der Waals surface area contributed by atoms with Crippen molar-refractivity contribution in [1.82, 2.24) is 4.98 Å². The molecular formula is C11H7ClN2O3S. The largest absolute Gasteiger partial charge is 0.478 e. The van der Waals surface area contributed by atoms with Gasteiger partial charge >= 0.3 is 5.97 Å². The molecule has 7 heteroatoms. The van der Waals surface area contributed by atoms with Crippen molar-refractivity contribution in [1.29, 1.82) is 0 Å². The molecule has 0 bridgehead atoms. The first kappa shape index (κ1) is 12.5. The Morgan fingerprint density at radius 2 is 2.17 bits per heavy atom. The Morgan fingerprint density at radius 1 is 1.39 bits per heavy atom. The summed E-state index contributed by atoms with van der Waals surface area (Å²) in [6.45, 7) is 0. The number of carboxylic acid groups (broad SMARTS) is 1. The number of carbonyl (C=O) groups excluding carboxylic acids is 1. The first-order valence-corrected chi connectivity index (χ1v) is 6.02. The third-order valence-corrected chi connectivity index (χ3v) is 3.14. The zero-order valence-electron chi connectivity index (χ0n) is 8.88. The highest BCUT2D eigenvalue weighted by Crippen LogP contribution is 2.27. The highest BCUT2D eigenvalue weighted by molar-refractivity contribution is 7.22. The van der Waals surface area contributed by atoms with Gasteiger partial charge in [-0.25, -0.2) is 9.78 Å². The molecule has 0 aliphatic rings. The van der Waals surface area contributed by atoms with Crippen LogP contribution in [-0.4, -0.2) is 22.0 Å². The van der Waals surface area contributed by atoms with Crippen molar-refractivity contribution in [2.75, 3.05) is 5.32 Å². The molecule has 5 nitrogen and oxygen atoms in total. The van der Waals surface area contributed by atoms with E-state index in [1.54, 1.807) is 18.2 Å². The maximum absolute atomic E-state index is 11.3. The number of rotatable bonds is 3. The fourth-order valence-corrected chi connectivity index (χ4v) is 2.26. The first-order valence-electron chi connectivity index (χ1n) is 4.83. The Labute approximate surface area is 111 Å². The van der Waals surface area contributed by atoms with Gasteiger partial charge in [-0.05, 0) is 18.2 Å². The monoisotopic (exact) mass is 282 g/mol. The molecule has 0 unspecified atom stereocenters. The summed E-state index contributed by atoms with van der Waals surface area (Å²) in [5.74, 6) is -1.72. The number of halogens is 1. The fraction of sp³-hybridized carbons (Fsp3) is 0. The van der Waals surface area contributed by atoms with E-state index in [1.807, 2.05) is 0 Å². The molecule has 2 N–H and O–H groups in total. The summed E-state index contributed by atoms with van der Waals surface area (Å²) < 4.78 is 0.886. The van der Waals surface area contributed by atoms with Crippen LogP contribution in [0.5, 0.6) is 0 Å². The second-order valence-corrected chi connectivity index (χ2v) is 4.76. The van der Waals surface area contributed by atoms with Crippen LogP contribution in [-0.2, 0) is 9.59 Å². The molecule has 2 aromatic rings. The molecule has 92 valence electrons. The van der Waals surface area contributed by atoms with Gasteiger partial charge in [0.15, 0.2) is 5.13 Å². The third-order valence-electron chi connectivity index (χ3n) is 1.96. The average Bonchev–Trinajstić information content (AvgIpc) is 2.67. The van der Waals surface area contributed by atoms with E-state index in [4.69, 9.17) is 16.7 Å². The normalized spacial score (nSPS) is 10.9. The number of thiazole rings is 1. The van der Waals surface area contributed by atoms with Gasteiger partial charge in [0.2, 0.25) is 5.91 Å². The van der Waals surface area contributed by atoms with Crippen molar-refractivity contribution in [2.24, 2.45) is 0 Å². The maximum Gasteiger partial charge on any atom is 0.328 e. The van der Waals surface area contributed by atoms with E-state index in [2.05, 4.69) is 10.3 Å². The fourth-order valence-electron chi connectivity index (χ4n) is 1.25. The van der Waals surface area contributed by atoms with Crippen molar-refractivity contribution in [3.8, 4) is 0 Å². The second-order valence-electron chi connectivity index (χ2n) is 3.29. The van der Waals surface area contributed by atoms with Crippen molar-refractivity contribution in [3.05, 3.63) is 35.4 Å². The SMILES string of the molecule is O=C(O)C=CC(=O)Nc1nc2cc(Cl)ccc2s1. The van der Waals surface area contributed by atoms with E-state index in [1.165, 1.54) is 11.3 Å². The van der Waals surface area contributed by atoms with Crippen LogP contribution >= 0.6 is 22.9 Å². The molecule has 0 saturated carbocycles. The van der Waals surface area contributed by atoms with E-state index in [0.29, 0.717) is 15.7 Å². The van der Waals surface area contributed by atoms with Gasteiger partial charge in [-0.1, -0.05) is 22.9 Å². The molecule has 0 aliphatic heterocycles. The van der Waals surface area contributed by atoms with Gasteiger partial charge in [0.25, 0.3) is 0 Å². The predicted octanol–water partition coefficient (Wildman–Crippen LogP) is 2.53. The summed E-state index contributed by atoms with van der Waals surface area (Å²) in [7, 11) is 0. The minimum Gasteiger partial charge on any atom is -0.478 e. The molecule has 0 atom stereocenters. The number of amides is 1. The van der Waals surface area contributed by atoms with Gasteiger partial charge < -0.3 is 5.11 Å². The molecule has 1 amide bonds. The van der Waals surface area contributed by atoms with Crippen molar-refractivity contribution in [3.63, 3.8) is 0 Å². The van der Waals surface area contributed by atoms with Gasteiger partial charge in [0.05, 0.1) is 10.2 Å². The zero-order valence-corrected chi connectivity index (χ0v) is 10.5. The number of aromatic nitrogens is 1. The van der Waals surface area contributed by atoms with Crippen LogP contribution in [0.25, 0.3) is 10.2 Å². The number of carboxylic acids is 1. The highest BCUT2D eigenvalue weighted by Gasteiger charge is 2.06. The summed E-state index contributed by atoms with van der Waals surface area (Å²) in [5.41, 5.74) is 0.685. The van der Waals surface area contributed by atoms with Gasteiger partial charge in [-0.2, -0.15) is 0 Å². The summed E-state index contributed by atoms with van der Waals surface area (Å²) in [5, 5.41) is 11.8. The summed E-state index contributed by atoms with van der Waals surface area (Å²) >= 11 is 7.10. The van der Waals surface area contributed by atoms with Crippen LogP contribution in [0.15, 0.2) is 30.4 Å². The van der Waals surface area contributed by atoms with Gasteiger partial charge in [0.1, 0.15) is 0 Å². The number of hydrogen-bond acceptors (Lipinski definition) is 4. The van der Waals surface area contributed by atoms with Crippen LogP contribution in [0.4, 0.5) is 5.13 Å². The van der Waals surface area contributed by atoms with Crippen molar-refractivity contribution in [2.45, 2.75) is 0 Å². The molecule has 1 heterocycles. The van der Waals surface area contributed by atoms with Crippen LogP contribution < -0.4 is 5.32 Å². The van der Waals surface area contributed by atoms with Crippen LogP contribution in [0.2, 0.25) is 5.02 Å². The Hall–Kier alpha value is -1.92.